The number of aryl methyl sites for hydroxylation is 2. The standard InChI is InChI=1S/C16H22N4O3/c1-3-9-20-15(17-18-19-20)12-23-16(21)8-5-10-22-14-7-4-6-13(2)11-14/h4,6-7,11H,3,5,8-10,12H2,1-2H3. The zero-order chi connectivity index (χ0) is 16.5. The fraction of sp³-hybridized carbons (Fsp3) is 0.500. The Labute approximate surface area is 135 Å². The van der Waals surface area contributed by atoms with Gasteiger partial charge in [0, 0.05) is 13.0 Å². The van der Waals surface area contributed by atoms with Crippen molar-refractivity contribution in [3.63, 3.8) is 0 Å². The molecule has 0 aliphatic rings. The van der Waals surface area contributed by atoms with Crippen LogP contribution in [0.25, 0.3) is 0 Å². The Morgan fingerprint density at radius 1 is 1.35 bits per heavy atom. The highest BCUT2D eigenvalue weighted by molar-refractivity contribution is 5.69. The van der Waals surface area contributed by atoms with Crippen molar-refractivity contribution in [2.24, 2.45) is 0 Å². The molecule has 0 bridgehead atoms. The summed E-state index contributed by atoms with van der Waals surface area (Å²) < 4.78 is 12.4. The first kappa shape index (κ1) is 16.9. The van der Waals surface area contributed by atoms with Crippen LogP contribution in [-0.4, -0.2) is 32.8 Å². The number of hydrogen-bond donors (Lipinski definition) is 0. The van der Waals surface area contributed by atoms with Gasteiger partial charge < -0.3 is 9.47 Å². The molecule has 1 aromatic carbocycles. The minimum atomic E-state index is -0.274. The minimum Gasteiger partial charge on any atom is -0.494 e. The second-order valence-corrected chi connectivity index (χ2v) is 5.25. The molecule has 0 N–H and O–H groups in total. The lowest BCUT2D eigenvalue weighted by Gasteiger charge is -2.07. The largest absolute Gasteiger partial charge is 0.494 e. The third kappa shape index (κ3) is 5.69. The molecule has 2 aromatic rings. The summed E-state index contributed by atoms with van der Waals surface area (Å²) in [6.45, 7) is 5.34. The lowest BCUT2D eigenvalue weighted by atomic mass is 10.2. The van der Waals surface area contributed by atoms with E-state index in [1.54, 1.807) is 4.68 Å². The van der Waals surface area contributed by atoms with Crippen LogP contribution >= 0.6 is 0 Å². The molecule has 0 aliphatic carbocycles. The van der Waals surface area contributed by atoms with Gasteiger partial charge in [0.05, 0.1) is 6.61 Å². The number of carbonyl (C=O) groups is 1. The summed E-state index contributed by atoms with van der Waals surface area (Å²) in [5.41, 5.74) is 1.15. The molecular weight excluding hydrogens is 296 g/mol. The van der Waals surface area contributed by atoms with Crippen LogP contribution in [0.4, 0.5) is 0 Å². The number of rotatable bonds is 9. The van der Waals surface area contributed by atoms with Crippen molar-refractivity contribution in [3.8, 4) is 5.75 Å². The monoisotopic (exact) mass is 318 g/mol. The molecule has 0 fully saturated rings. The molecule has 23 heavy (non-hydrogen) atoms. The van der Waals surface area contributed by atoms with Crippen molar-refractivity contribution in [1.29, 1.82) is 0 Å². The lowest BCUT2D eigenvalue weighted by molar-refractivity contribution is -0.145. The predicted molar refractivity (Wildman–Crippen MR) is 83.8 cm³/mol. The second kappa shape index (κ2) is 8.87. The van der Waals surface area contributed by atoms with Gasteiger partial charge in [0.2, 0.25) is 0 Å². The third-order valence-electron chi connectivity index (χ3n) is 3.19. The van der Waals surface area contributed by atoms with Gasteiger partial charge in [0.25, 0.3) is 0 Å². The number of benzene rings is 1. The molecule has 1 aromatic heterocycles. The smallest absolute Gasteiger partial charge is 0.306 e. The summed E-state index contributed by atoms with van der Waals surface area (Å²) in [7, 11) is 0. The summed E-state index contributed by atoms with van der Waals surface area (Å²) in [5.74, 6) is 1.11. The topological polar surface area (TPSA) is 79.1 Å². The number of ether oxygens (including phenoxy) is 2. The van der Waals surface area contributed by atoms with Crippen LogP contribution in [0.5, 0.6) is 5.75 Å². The van der Waals surface area contributed by atoms with Crippen molar-refractivity contribution in [2.45, 2.75) is 46.3 Å². The van der Waals surface area contributed by atoms with Crippen molar-refractivity contribution in [3.05, 3.63) is 35.7 Å². The highest BCUT2D eigenvalue weighted by Crippen LogP contribution is 2.12. The van der Waals surface area contributed by atoms with E-state index < -0.39 is 0 Å². The van der Waals surface area contributed by atoms with Crippen molar-refractivity contribution < 1.29 is 14.3 Å². The molecule has 7 nitrogen and oxygen atoms in total. The van der Waals surface area contributed by atoms with E-state index in [-0.39, 0.29) is 12.6 Å². The second-order valence-electron chi connectivity index (χ2n) is 5.25. The van der Waals surface area contributed by atoms with Crippen LogP contribution in [0.3, 0.4) is 0 Å². The fourth-order valence-electron chi connectivity index (χ4n) is 2.04. The molecule has 0 saturated carbocycles. The maximum Gasteiger partial charge on any atom is 0.306 e. The number of carbonyl (C=O) groups excluding carboxylic acids is 1. The van der Waals surface area contributed by atoms with Crippen LogP contribution in [0.1, 0.15) is 37.6 Å². The lowest BCUT2D eigenvalue weighted by Crippen LogP contribution is -2.11. The first-order valence-corrected chi connectivity index (χ1v) is 7.79. The molecule has 1 heterocycles. The van der Waals surface area contributed by atoms with E-state index >= 15 is 0 Å². The van der Waals surface area contributed by atoms with Gasteiger partial charge in [-0.3, -0.25) is 4.79 Å². The number of nitrogens with zero attached hydrogens (tertiary/aromatic N) is 4. The number of esters is 1. The van der Waals surface area contributed by atoms with E-state index in [4.69, 9.17) is 9.47 Å². The summed E-state index contributed by atoms with van der Waals surface area (Å²) in [5, 5.41) is 11.3. The number of hydrogen-bond acceptors (Lipinski definition) is 6. The highest BCUT2D eigenvalue weighted by Gasteiger charge is 2.09. The molecule has 0 aliphatic heterocycles. The first-order valence-electron chi connectivity index (χ1n) is 7.79. The van der Waals surface area contributed by atoms with Crippen molar-refractivity contribution in [1.82, 2.24) is 20.2 Å². The van der Waals surface area contributed by atoms with E-state index in [1.165, 1.54) is 0 Å². The van der Waals surface area contributed by atoms with Gasteiger partial charge in [-0.25, -0.2) is 4.68 Å². The van der Waals surface area contributed by atoms with E-state index in [1.807, 2.05) is 38.1 Å². The quantitative estimate of drug-likeness (QED) is 0.521. The normalized spacial score (nSPS) is 10.5. The Hall–Kier alpha value is -2.44. The molecule has 2 rings (SSSR count). The molecule has 0 radical (unpaired) electrons. The van der Waals surface area contributed by atoms with Gasteiger partial charge in [0.1, 0.15) is 5.75 Å². The molecule has 0 saturated heterocycles. The summed E-state index contributed by atoms with van der Waals surface area (Å²) in [6.07, 6.45) is 1.83. The van der Waals surface area contributed by atoms with Gasteiger partial charge in [-0.1, -0.05) is 19.1 Å². The highest BCUT2D eigenvalue weighted by atomic mass is 16.5. The van der Waals surface area contributed by atoms with Gasteiger partial charge in [-0.2, -0.15) is 0 Å². The molecule has 7 heteroatoms. The molecule has 0 unspecified atom stereocenters. The first-order chi connectivity index (χ1) is 11.2. The average Bonchev–Trinajstić information content (AvgIpc) is 2.97. The Balaban J connectivity index is 1.64. The van der Waals surface area contributed by atoms with E-state index in [9.17, 15) is 4.79 Å². The zero-order valence-corrected chi connectivity index (χ0v) is 13.6. The van der Waals surface area contributed by atoms with Crippen LogP contribution in [0.15, 0.2) is 24.3 Å². The van der Waals surface area contributed by atoms with Crippen LogP contribution in [-0.2, 0) is 22.7 Å². The number of tetrazole rings is 1. The molecule has 0 amide bonds. The van der Waals surface area contributed by atoms with Crippen LogP contribution < -0.4 is 4.74 Å². The fourth-order valence-corrected chi connectivity index (χ4v) is 2.04. The zero-order valence-electron chi connectivity index (χ0n) is 13.6. The van der Waals surface area contributed by atoms with Crippen LogP contribution in [0, 0.1) is 6.92 Å². The molecule has 0 spiro atoms. The van der Waals surface area contributed by atoms with Crippen molar-refractivity contribution in [2.75, 3.05) is 6.61 Å². The maximum atomic E-state index is 11.7. The summed E-state index contributed by atoms with van der Waals surface area (Å²) >= 11 is 0. The van der Waals surface area contributed by atoms with Gasteiger partial charge in [-0.05, 0) is 47.9 Å². The minimum absolute atomic E-state index is 0.102. The van der Waals surface area contributed by atoms with Crippen molar-refractivity contribution >= 4 is 5.97 Å². The Bertz CT molecular complexity index is 627. The average molecular weight is 318 g/mol. The Kier molecular flexibility index (Phi) is 6.53. The molecule has 124 valence electrons. The van der Waals surface area contributed by atoms with E-state index in [0.29, 0.717) is 31.8 Å². The van der Waals surface area contributed by atoms with E-state index in [0.717, 1.165) is 17.7 Å². The molecule has 0 atom stereocenters. The van der Waals surface area contributed by atoms with Crippen LogP contribution in [0.2, 0.25) is 0 Å². The van der Waals surface area contributed by atoms with Gasteiger partial charge >= 0.3 is 5.97 Å². The SMILES string of the molecule is CCCn1nnnc1COC(=O)CCCOc1cccc(C)c1. The third-order valence-corrected chi connectivity index (χ3v) is 3.19. The Morgan fingerprint density at radius 3 is 3.00 bits per heavy atom. The molecular formula is C16H22N4O3. The van der Waals surface area contributed by atoms with Gasteiger partial charge in [-0.15, -0.1) is 5.10 Å². The van der Waals surface area contributed by atoms with Gasteiger partial charge in [0.15, 0.2) is 12.4 Å². The predicted octanol–water partition coefficient (Wildman–Crippen LogP) is 2.29. The van der Waals surface area contributed by atoms with E-state index in [2.05, 4.69) is 15.5 Å². The Morgan fingerprint density at radius 2 is 2.22 bits per heavy atom. The maximum absolute atomic E-state index is 11.7. The summed E-state index contributed by atoms with van der Waals surface area (Å²) in [6, 6.07) is 7.82. The number of aromatic nitrogens is 4. The summed E-state index contributed by atoms with van der Waals surface area (Å²) in [4.78, 5) is 11.7.